The molecule has 1 amide bonds. The quantitative estimate of drug-likeness (QED) is 0.554. The summed E-state index contributed by atoms with van der Waals surface area (Å²) in [6.45, 7) is 0.696. The summed E-state index contributed by atoms with van der Waals surface area (Å²) in [5.41, 5.74) is -0.302. The van der Waals surface area contributed by atoms with Crippen molar-refractivity contribution in [1.82, 2.24) is 14.9 Å². The fourth-order valence-corrected chi connectivity index (χ4v) is 2.97. The molecule has 9 nitrogen and oxygen atoms in total. The zero-order chi connectivity index (χ0) is 21.1. The number of ether oxygens (including phenoxy) is 1. The number of benzene rings is 1. The Bertz CT molecular complexity index is 932. The topological polar surface area (TPSA) is 102 Å². The first-order valence-corrected chi connectivity index (χ1v) is 8.86. The highest BCUT2D eigenvalue weighted by atomic mass is 19.1. The van der Waals surface area contributed by atoms with Crippen molar-refractivity contribution >= 4 is 17.4 Å². The van der Waals surface area contributed by atoms with Crippen molar-refractivity contribution in [2.24, 2.45) is 0 Å². The lowest BCUT2D eigenvalue weighted by molar-refractivity contribution is -0.384. The third-order valence-electron chi connectivity index (χ3n) is 4.47. The van der Waals surface area contributed by atoms with Crippen LogP contribution in [-0.4, -0.2) is 59.0 Å². The molecule has 0 bridgehead atoms. The van der Waals surface area contributed by atoms with Gasteiger partial charge in [0.2, 0.25) is 11.6 Å². The predicted molar refractivity (Wildman–Crippen MR) is 98.9 cm³/mol. The summed E-state index contributed by atoms with van der Waals surface area (Å²) in [5.74, 6) is -2.07. The fraction of sp³-hybridized carbons (Fsp3) is 0.389. The van der Waals surface area contributed by atoms with Crippen molar-refractivity contribution in [3.63, 3.8) is 0 Å². The Morgan fingerprint density at radius 1 is 1.31 bits per heavy atom. The maximum absolute atomic E-state index is 13.8. The van der Waals surface area contributed by atoms with Crippen LogP contribution in [0.2, 0.25) is 0 Å². The summed E-state index contributed by atoms with van der Waals surface area (Å²) in [6, 6.07) is 3.09. The van der Waals surface area contributed by atoms with E-state index in [1.54, 1.807) is 4.90 Å². The van der Waals surface area contributed by atoms with Crippen LogP contribution >= 0.6 is 0 Å². The minimum Gasteiger partial charge on any atom is -0.487 e. The van der Waals surface area contributed by atoms with Crippen molar-refractivity contribution < 1.29 is 23.2 Å². The van der Waals surface area contributed by atoms with E-state index in [4.69, 9.17) is 4.74 Å². The summed E-state index contributed by atoms with van der Waals surface area (Å²) in [5, 5.41) is 11.4. The number of carbonyl (C=O) groups excluding carboxylic acids is 1. The lowest BCUT2D eigenvalue weighted by Gasteiger charge is -2.32. The Kier molecular flexibility index (Phi) is 5.85. The van der Waals surface area contributed by atoms with Gasteiger partial charge in [-0.1, -0.05) is 0 Å². The van der Waals surface area contributed by atoms with Crippen LogP contribution < -0.4 is 9.64 Å². The maximum atomic E-state index is 13.8. The second-order valence-electron chi connectivity index (χ2n) is 6.74. The van der Waals surface area contributed by atoms with Gasteiger partial charge in [-0.3, -0.25) is 14.9 Å². The van der Waals surface area contributed by atoms with Gasteiger partial charge in [0.25, 0.3) is 5.91 Å². The molecule has 0 saturated carbocycles. The van der Waals surface area contributed by atoms with Crippen LogP contribution in [0.4, 0.5) is 20.3 Å². The molecule has 0 aliphatic carbocycles. The van der Waals surface area contributed by atoms with E-state index in [1.807, 2.05) is 0 Å². The number of hydrogen-bond acceptors (Lipinski definition) is 7. The van der Waals surface area contributed by atoms with Crippen molar-refractivity contribution in [2.75, 3.05) is 32.1 Å². The molecule has 1 aromatic carbocycles. The molecule has 0 atom stereocenters. The zero-order valence-corrected chi connectivity index (χ0v) is 15.8. The van der Waals surface area contributed by atoms with Crippen molar-refractivity contribution in [1.29, 1.82) is 0 Å². The van der Waals surface area contributed by atoms with Crippen molar-refractivity contribution in [2.45, 2.75) is 18.9 Å². The minimum absolute atomic E-state index is 0.0447. The highest BCUT2D eigenvalue weighted by Crippen LogP contribution is 2.29. The van der Waals surface area contributed by atoms with Crippen LogP contribution in [-0.2, 0) is 0 Å². The van der Waals surface area contributed by atoms with E-state index in [2.05, 4.69) is 9.97 Å². The summed E-state index contributed by atoms with van der Waals surface area (Å²) in [7, 11) is 3.06. The van der Waals surface area contributed by atoms with Crippen LogP contribution in [0.25, 0.3) is 0 Å². The van der Waals surface area contributed by atoms with Crippen LogP contribution in [0, 0.1) is 21.7 Å². The van der Waals surface area contributed by atoms with E-state index in [1.165, 1.54) is 25.1 Å². The lowest BCUT2D eigenvalue weighted by Crippen LogP contribution is -2.39. The first kappa shape index (κ1) is 20.4. The van der Waals surface area contributed by atoms with Gasteiger partial charge >= 0.3 is 5.69 Å². The molecule has 0 spiro atoms. The Balaban J connectivity index is 1.74. The number of carbonyl (C=O) groups is 1. The second kappa shape index (κ2) is 8.33. The molecular formula is C18H19F2N5O4. The average Bonchev–Trinajstić information content (AvgIpc) is 2.69. The lowest BCUT2D eigenvalue weighted by atomic mass is 10.1. The van der Waals surface area contributed by atoms with Crippen LogP contribution in [0.15, 0.2) is 24.4 Å². The van der Waals surface area contributed by atoms with E-state index in [9.17, 15) is 23.7 Å². The number of aromatic nitrogens is 2. The number of hydrogen-bond donors (Lipinski definition) is 0. The maximum Gasteiger partial charge on any atom is 0.329 e. The normalized spacial score (nSPS) is 14.6. The van der Waals surface area contributed by atoms with Crippen molar-refractivity contribution in [3.8, 4) is 5.75 Å². The second-order valence-corrected chi connectivity index (χ2v) is 6.74. The number of piperidine rings is 1. The molecule has 1 aromatic heterocycles. The Hall–Kier alpha value is -3.37. The smallest absolute Gasteiger partial charge is 0.329 e. The molecule has 0 N–H and O–H groups in total. The Morgan fingerprint density at radius 2 is 2.00 bits per heavy atom. The number of anilines is 1. The zero-order valence-electron chi connectivity index (χ0n) is 15.8. The molecule has 2 aromatic rings. The monoisotopic (exact) mass is 407 g/mol. The van der Waals surface area contributed by atoms with E-state index in [-0.39, 0.29) is 29.2 Å². The third-order valence-corrected chi connectivity index (χ3v) is 4.47. The van der Waals surface area contributed by atoms with Gasteiger partial charge in [-0.15, -0.1) is 0 Å². The summed E-state index contributed by atoms with van der Waals surface area (Å²) in [6.07, 6.45) is 1.56. The van der Waals surface area contributed by atoms with Gasteiger partial charge in [-0.05, 0) is 12.1 Å². The molecule has 154 valence electrons. The number of amides is 1. The SMILES string of the molecule is CN(C)C(=O)c1ncc([N+](=O)[O-])c(N2CCC(Oc3ccc(F)cc3F)CC2)n1. The highest BCUT2D eigenvalue weighted by Gasteiger charge is 2.29. The van der Waals surface area contributed by atoms with Crippen LogP contribution in [0.5, 0.6) is 5.75 Å². The third kappa shape index (κ3) is 4.55. The van der Waals surface area contributed by atoms with Crippen LogP contribution in [0.1, 0.15) is 23.5 Å². The summed E-state index contributed by atoms with van der Waals surface area (Å²) < 4.78 is 32.4. The molecule has 2 heterocycles. The molecule has 1 saturated heterocycles. The number of rotatable bonds is 5. The molecule has 29 heavy (non-hydrogen) atoms. The molecule has 1 fully saturated rings. The van der Waals surface area contributed by atoms with Gasteiger partial charge in [0.05, 0.1) is 4.92 Å². The van der Waals surface area contributed by atoms with E-state index in [0.29, 0.717) is 25.9 Å². The van der Waals surface area contributed by atoms with Gasteiger partial charge < -0.3 is 14.5 Å². The van der Waals surface area contributed by atoms with E-state index in [0.717, 1.165) is 18.3 Å². The largest absolute Gasteiger partial charge is 0.487 e. The number of nitro groups is 1. The molecular weight excluding hydrogens is 388 g/mol. The molecule has 1 aliphatic heterocycles. The highest BCUT2D eigenvalue weighted by molar-refractivity contribution is 5.90. The van der Waals surface area contributed by atoms with E-state index >= 15 is 0 Å². The number of halogens is 2. The molecule has 0 radical (unpaired) electrons. The summed E-state index contributed by atoms with van der Waals surface area (Å²) >= 11 is 0. The van der Waals surface area contributed by atoms with Crippen LogP contribution in [0.3, 0.4) is 0 Å². The van der Waals surface area contributed by atoms with Gasteiger partial charge in [0, 0.05) is 46.1 Å². The Labute approximate surface area is 165 Å². The minimum atomic E-state index is -0.786. The Morgan fingerprint density at radius 3 is 2.59 bits per heavy atom. The predicted octanol–water partition coefficient (Wildman–Crippen LogP) is 2.41. The average molecular weight is 407 g/mol. The molecule has 3 rings (SSSR count). The number of nitrogens with zero attached hydrogens (tertiary/aromatic N) is 5. The van der Waals surface area contributed by atoms with Gasteiger partial charge in [0.15, 0.2) is 11.6 Å². The van der Waals surface area contributed by atoms with Crippen molar-refractivity contribution in [3.05, 3.63) is 52.0 Å². The van der Waals surface area contributed by atoms with E-state index < -0.39 is 22.5 Å². The summed E-state index contributed by atoms with van der Waals surface area (Å²) in [4.78, 5) is 33.7. The first-order valence-electron chi connectivity index (χ1n) is 8.86. The molecule has 0 unspecified atom stereocenters. The molecule has 1 aliphatic rings. The molecule has 11 heteroatoms. The van der Waals surface area contributed by atoms with Gasteiger partial charge in [-0.25, -0.2) is 13.8 Å². The fourth-order valence-electron chi connectivity index (χ4n) is 2.97. The first-order chi connectivity index (χ1) is 13.8. The van der Waals surface area contributed by atoms with Gasteiger partial charge in [-0.2, -0.15) is 4.98 Å². The standard InChI is InChI=1S/C18H19F2N5O4/c1-23(2)18(26)16-21-10-14(25(27)28)17(22-16)24-7-5-12(6-8-24)29-15-4-3-11(19)9-13(15)20/h3-4,9-10,12H,5-8H2,1-2H3. The van der Waals surface area contributed by atoms with Gasteiger partial charge in [0.1, 0.15) is 18.1 Å².